The van der Waals surface area contributed by atoms with Gasteiger partial charge in [0.1, 0.15) is 6.54 Å². The van der Waals surface area contributed by atoms with E-state index < -0.39 is 4.92 Å². The molecule has 0 unspecified atom stereocenters. The SMILES string of the molecule is CCOCCCN(CC(=O)N(Cc1cccn1Cc1ccccc1Cl)CC(C)C)C(=O)c1ccc([N+](=O)[O-])cc1. The molecular formula is C30H37ClN4O5. The maximum Gasteiger partial charge on any atom is 0.269 e. The number of aromatic nitrogens is 1. The molecule has 40 heavy (non-hydrogen) atoms. The lowest BCUT2D eigenvalue weighted by atomic mass is 10.1. The van der Waals surface area contributed by atoms with E-state index in [-0.39, 0.29) is 30.0 Å². The Morgan fingerprint density at radius 1 is 1.05 bits per heavy atom. The monoisotopic (exact) mass is 568 g/mol. The van der Waals surface area contributed by atoms with Crippen molar-refractivity contribution in [1.29, 1.82) is 0 Å². The zero-order chi connectivity index (χ0) is 29.1. The van der Waals surface area contributed by atoms with E-state index in [0.717, 1.165) is 11.3 Å². The first-order valence-corrected chi connectivity index (χ1v) is 13.8. The van der Waals surface area contributed by atoms with Gasteiger partial charge in [-0.05, 0) is 55.2 Å². The van der Waals surface area contributed by atoms with Crippen molar-refractivity contribution in [2.24, 2.45) is 5.92 Å². The topological polar surface area (TPSA) is 97.9 Å². The first kappa shape index (κ1) is 30.8. The molecule has 0 aliphatic rings. The van der Waals surface area contributed by atoms with Gasteiger partial charge in [-0.25, -0.2) is 0 Å². The Labute approximate surface area is 240 Å². The van der Waals surface area contributed by atoms with E-state index >= 15 is 0 Å². The van der Waals surface area contributed by atoms with Crippen molar-refractivity contribution in [3.05, 3.63) is 98.8 Å². The second kappa shape index (κ2) is 15.2. The Balaban J connectivity index is 1.79. The van der Waals surface area contributed by atoms with Crippen LogP contribution >= 0.6 is 11.6 Å². The van der Waals surface area contributed by atoms with Gasteiger partial charge < -0.3 is 19.1 Å². The smallest absolute Gasteiger partial charge is 0.269 e. The van der Waals surface area contributed by atoms with Crippen LogP contribution in [-0.4, -0.2) is 64.0 Å². The highest BCUT2D eigenvalue weighted by atomic mass is 35.5. The van der Waals surface area contributed by atoms with Crippen LogP contribution in [0.2, 0.25) is 5.02 Å². The minimum Gasteiger partial charge on any atom is -0.382 e. The Morgan fingerprint density at radius 2 is 1.77 bits per heavy atom. The van der Waals surface area contributed by atoms with E-state index in [9.17, 15) is 19.7 Å². The highest BCUT2D eigenvalue weighted by Gasteiger charge is 2.24. The highest BCUT2D eigenvalue weighted by Crippen LogP contribution is 2.19. The predicted molar refractivity (Wildman–Crippen MR) is 155 cm³/mol. The largest absolute Gasteiger partial charge is 0.382 e. The summed E-state index contributed by atoms with van der Waals surface area (Å²) in [4.78, 5) is 40.9. The molecule has 0 atom stereocenters. The van der Waals surface area contributed by atoms with Crippen LogP contribution in [0.15, 0.2) is 66.9 Å². The third-order valence-corrected chi connectivity index (χ3v) is 6.74. The number of ether oxygens (including phenoxy) is 1. The molecule has 0 radical (unpaired) electrons. The number of halogens is 1. The van der Waals surface area contributed by atoms with Crippen molar-refractivity contribution in [3.63, 3.8) is 0 Å². The second-order valence-electron chi connectivity index (χ2n) is 9.97. The van der Waals surface area contributed by atoms with E-state index in [1.165, 1.54) is 29.2 Å². The summed E-state index contributed by atoms with van der Waals surface area (Å²) in [5, 5.41) is 11.7. The Kier molecular flexibility index (Phi) is 11.7. The number of nitro benzene ring substituents is 1. The third kappa shape index (κ3) is 8.93. The fourth-order valence-electron chi connectivity index (χ4n) is 4.37. The number of carbonyl (C=O) groups is 2. The number of amides is 2. The summed E-state index contributed by atoms with van der Waals surface area (Å²) in [6.45, 7) is 8.70. The molecule has 0 spiro atoms. The Bertz CT molecular complexity index is 1280. The molecule has 0 aliphatic carbocycles. The van der Waals surface area contributed by atoms with E-state index in [1.807, 2.05) is 63.4 Å². The number of nitro groups is 1. The van der Waals surface area contributed by atoms with Gasteiger partial charge in [0.15, 0.2) is 0 Å². The van der Waals surface area contributed by atoms with E-state index in [1.54, 1.807) is 4.90 Å². The van der Waals surface area contributed by atoms with Crippen molar-refractivity contribution >= 4 is 29.1 Å². The summed E-state index contributed by atoms with van der Waals surface area (Å²) < 4.78 is 7.51. The molecule has 10 heteroatoms. The molecule has 1 aromatic heterocycles. The average Bonchev–Trinajstić information content (AvgIpc) is 3.37. The molecule has 0 fully saturated rings. The maximum absolute atomic E-state index is 13.7. The molecule has 1 heterocycles. The fraction of sp³-hybridized carbons (Fsp3) is 0.400. The third-order valence-electron chi connectivity index (χ3n) is 6.37. The lowest BCUT2D eigenvalue weighted by Gasteiger charge is -2.29. The predicted octanol–water partition coefficient (Wildman–Crippen LogP) is 5.65. The van der Waals surface area contributed by atoms with Crippen molar-refractivity contribution in [2.45, 2.75) is 40.3 Å². The zero-order valence-electron chi connectivity index (χ0n) is 23.3. The number of rotatable bonds is 15. The van der Waals surface area contributed by atoms with E-state index in [4.69, 9.17) is 16.3 Å². The molecule has 0 aliphatic heterocycles. The number of carbonyl (C=O) groups excluding carboxylic acids is 2. The van der Waals surface area contributed by atoms with Crippen LogP contribution in [0, 0.1) is 16.0 Å². The number of non-ortho nitro benzene ring substituents is 1. The van der Waals surface area contributed by atoms with Crippen LogP contribution < -0.4 is 0 Å². The summed E-state index contributed by atoms with van der Waals surface area (Å²) in [6, 6.07) is 17.1. The first-order chi connectivity index (χ1) is 19.2. The van der Waals surface area contributed by atoms with Gasteiger partial charge in [0.05, 0.1) is 11.5 Å². The second-order valence-corrected chi connectivity index (χ2v) is 10.4. The molecule has 9 nitrogen and oxygen atoms in total. The summed E-state index contributed by atoms with van der Waals surface area (Å²) in [6.07, 6.45) is 2.53. The van der Waals surface area contributed by atoms with Crippen LogP contribution in [0.1, 0.15) is 48.8 Å². The van der Waals surface area contributed by atoms with Crippen LogP contribution in [0.3, 0.4) is 0 Å². The number of benzene rings is 2. The Hall–Kier alpha value is -3.69. The number of hydrogen-bond acceptors (Lipinski definition) is 5. The van der Waals surface area contributed by atoms with Gasteiger partial charge in [-0.2, -0.15) is 0 Å². The van der Waals surface area contributed by atoms with Gasteiger partial charge >= 0.3 is 0 Å². The molecule has 3 rings (SSSR count). The lowest BCUT2D eigenvalue weighted by molar-refractivity contribution is -0.384. The molecule has 0 saturated heterocycles. The molecule has 3 aromatic rings. The molecular weight excluding hydrogens is 532 g/mol. The van der Waals surface area contributed by atoms with Gasteiger partial charge in [-0.15, -0.1) is 0 Å². The van der Waals surface area contributed by atoms with Gasteiger partial charge in [0.25, 0.3) is 11.6 Å². The maximum atomic E-state index is 13.7. The molecule has 2 aromatic carbocycles. The van der Waals surface area contributed by atoms with Crippen molar-refractivity contribution in [3.8, 4) is 0 Å². The van der Waals surface area contributed by atoms with E-state index in [2.05, 4.69) is 4.57 Å². The highest BCUT2D eigenvalue weighted by molar-refractivity contribution is 6.31. The minimum absolute atomic E-state index is 0.0987. The van der Waals surface area contributed by atoms with Crippen LogP contribution in [-0.2, 0) is 22.6 Å². The summed E-state index contributed by atoms with van der Waals surface area (Å²) in [5.74, 6) is -0.315. The van der Waals surface area contributed by atoms with Crippen LogP contribution in [0.4, 0.5) is 5.69 Å². The zero-order valence-corrected chi connectivity index (χ0v) is 24.0. The van der Waals surface area contributed by atoms with Crippen molar-refractivity contribution in [1.82, 2.24) is 14.4 Å². The van der Waals surface area contributed by atoms with Gasteiger partial charge in [-0.3, -0.25) is 19.7 Å². The number of hydrogen-bond donors (Lipinski definition) is 0. The average molecular weight is 569 g/mol. The standard InChI is InChI=1S/C30H37ClN4O5/c1-4-40-18-8-17-33(30(37)24-12-14-26(15-13-24)35(38)39)22-29(36)34(19-23(2)3)21-27-10-7-16-32(27)20-25-9-5-6-11-28(25)31/h5-7,9-16,23H,4,8,17-22H2,1-3H3. The van der Waals surface area contributed by atoms with Gasteiger partial charge in [0.2, 0.25) is 5.91 Å². The molecule has 0 bridgehead atoms. The molecule has 2 amide bonds. The van der Waals surface area contributed by atoms with Crippen LogP contribution in [0.5, 0.6) is 0 Å². The Morgan fingerprint density at radius 3 is 2.42 bits per heavy atom. The van der Waals surface area contributed by atoms with Crippen LogP contribution in [0.25, 0.3) is 0 Å². The van der Waals surface area contributed by atoms with E-state index in [0.29, 0.717) is 56.4 Å². The lowest BCUT2D eigenvalue weighted by Crippen LogP contribution is -2.44. The molecule has 0 N–H and O–H groups in total. The summed E-state index contributed by atoms with van der Waals surface area (Å²) in [7, 11) is 0. The van der Waals surface area contributed by atoms with Crippen molar-refractivity contribution < 1.29 is 19.2 Å². The normalized spacial score (nSPS) is 11.0. The number of nitrogens with zero attached hydrogens (tertiary/aromatic N) is 4. The van der Waals surface area contributed by atoms with Crippen molar-refractivity contribution in [2.75, 3.05) is 32.8 Å². The quantitative estimate of drug-likeness (QED) is 0.134. The summed E-state index contributed by atoms with van der Waals surface area (Å²) >= 11 is 6.38. The first-order valence-electron chi connectivity index (χ1n) is 13.5. The summed E-state index contributed by atoms with van der Waals surface area (Å²) in [5.41, 5.74) is 2.13. The van der Waals surface area contributed by atoms with Gasteiger partial charge in [0, 0.05) is 67.5 Å². The van der Waals surface area contributed by atoms with Gasteiger partial charge in [-0.1, -0.05) is 43.6 Å². The fourth-order valence-corrected chi connectivity index (χ4v) is 4.57. The minimum atomic E-state index is -0.511. The molecule has 0 saturated carbocycles. The molecule has 214 valence electrons.